The molecule has 9 nitrogen and oxygen atoms in total. The Morgan fingerprint density at radius 2 is 1.86 bits per heavy atom. The van der Waals surface area contributed by atoms with Gasteiger partial charge in [-0.05, 0) is 74.1 Å². The highest BCUT2D eigenvalue weighted by molar-refractivity contribution is 7.16. The minimum Gasteiger partial charge on any atom is -0.490 e. The van der Waals surface area contributed by atoms with Crippen molar-refractivity contribution in [2.45, 2.75) is 32.6 Å². The summed E-state index contributed by atoms with van der Waals surface area (Å²) in [6.07, 6.45) is 5.05. The van der Waals surface area contributed by atoms with Crippen molar-refractivity contribution >= 4 is 40.3 Å². The molecule has 10 heteroatoms. The third-order valence-electron chi connectivity index (χ3n) is 5.58. The van der Waals surface area contributed by atoms with E-state index in [1.54, 1.807) is 55.5 Å². The Hall–Kier alpha value is -4.49. The van der Waals surface area contributed by atoms with E-state index < -0.39 is 17.8 Å². The Morgan fingerprint density at radius 1 is 1.08 bits per heavy atom. The summed E-state index contributed by atoms with van der Waals surface area (Å²) >= 11 is 1.34. The molecule has 2 aromatic carbocycles. The van der Waals surface area contributed by atoms with Crippen LogP contribution in [0.15, 0.2) is 53.6 Å². The van der Waals surface area contributed by atoms with Crippen LogP contribution in [0.3, 0.4) is 0 Å². The lowest BCUT2D eigenvalue weighted by Gasteiger charge is -2.11. The lowest BCUT2D eigenvalue weighted by Crippen LogP contribution is -2.32. The molecule has 3 aromatic rings. The minimum absolute atomic E-state index is 0.239. The quantitative estimate of drug-likeness (QED) is 0.159. The zero-order chi connectivity index (χ0) is 26.2. The van der Waals surface area contributed by atoms with E-state index in [-0.39, 0.29) is 5.75 Å². The maximum atomic E-state index is 12.4. The molecule has 0 fully saturated rings. The summed E-state index contributed by atoms with van der Waals surface area (Å²) in [6, 6.07) is 15.5. The summed E-state index contributed by atoms with van der Waals surface area (Å²) < 4.78 is 11.1. The number of rotatable bonds is 7. The number of nitrogens with zero attached hydrogens (tertiary/aromatic N) is 2. The van der Waals surface area contributed by atoms with Gasteiger partial charge in [-0.1, -0.05) is 18.2 Å². The number of nitrogens with one attached hydrogen (secondary N) is 2. The monoisotopic (exact) mass is 516 g/mol. The number of aryl methyl sites for hydroxylation is 1. The second-order valence-corrected chi connectivity index (χ2v) is 9.18. The smallest absolute Gasteiger partial charge is 0.343 e. The van der Waals surface area contributed by atoms with Gasteiger partial charge in [-0.15, -0.1) is 11.3 Å². The van der Waals surface area contributed by atoms with Crippen LogP contribution in [0.2, 0.25) is 0 Å². The number of hydrogen-bond acceptors (Lipinski definition) is 8. The Labute approximate surface area is 217 Å². The van der Waals surface area contributed by atoms with E-state index in [0.29, 0.717) is 34.0 Å². The van der Waals surface area contributed by atoms with Crippen LogP contribution in [0.5, 0.6) is 11.5 Å². The molecule has 2 N–H and O–H groups in total. The first-order valence-corrected chi connectivity index (χ1v) is 12.5. The highest BCUT2D eigenvalue weighted by atomic mass is 32.1. The van der Waals surface area contributed by atoms with Crippen molar-refractivity contribution in [3.8, 4) is 17.6 Å². The van der Waals surface area contributed by atoms with Gasteiger partial charge in [0.15, 0.2) is 11.5 Å². The molecule has 1 aliphatic rings. The van der Waals surface area contributed by atoms with Crippen molar-refractivity contribution in [3.63, 3.8) is 0 Å². The molecule has 0 spiro atoms. The highest BCUT2D eigenvalue weighted by Gasteiger charge is 2.23. The predicted molar refractivity (Wildman–Crippen MR) is 139 cm³/mol. The molecule has 0 unspecified atom stereocenters. The lowest BCUT2D eigenvalue weighted by molar-refractivity contribution is -0.136. The molecule has 2 amide bonds. The molecule has 37 heavy (non-hydrogen) atoms. The van der Waals surface area contributed by atoms with Gasteiger partial charge < -0.3 is 14.8 Å². The van der Waals surface area contributed by atoms with Crippen LogP contribution in [0.1, 0.15) is 51.7 Å². The summed E-state index contributed by atoms with van der Waals surface area (Å²) in [5.74, 6) is -1.84. The van der Waals surface area contributed by atoms with Crippen molar-refractivity contribution in [2.24, 2.45) is 5.10 Å². The van der Waals surface area contributed by atoms with E-state index >= 15 is 0 Å². The van der Waals surface area contributed by atoms with E-state index in [1.165, 1.54) is 17.6 Å². The molecule has 4 rings (SSSR count). The maximum absolute atomic E-state index is 12.4. The number of anilines is 1. The van der Waals surface area contributed by atoms with E-state index in [2.05, 4.69) is 21.9 Å². The third kappa shape index (κ3) is 6.20. The number of carbonyl (C=O) groups is 3. The van der Waals surface area contributed by atoms with Crippen molar-refractivity contribution in [3.05, 3.63) is 75.7 Å². The van der Waals surface area contributed by atoms with Gasteiger partial charge in [0, 0.05) is 4.88 Å². The van der Waals surface area contributed by atoms with Crippen LogP contribution >= 0.6 is 11.3 Å². The van der Waals surface area contributed by atoms with Gasteiger partial charge in [-0.25, -0.2) is 10.2 Å². The Balaban J connectivity index is 1.39. The van der Waals surface area contributed by atoms with Crippen molar-refractivity contribution < 1.29 is 23.9 Å². The van der Waals surface area contributed by atoms with Crippen LogP contribution in [-0.4, -0.2) is 30.6 Å². The Bertz CT molecular complexity index is 1390. The normalized spacial score (nSPS) is 12.3. The molecule has 1 heterocycles. The fourth-order valence-corrected chi connectivity index (χ4v) is 5.07. The first-order valence-electron chi connectivity index (χ1n) is 11.7. The number of thiophene rings is 1. The third-order valence-corrected chi connectivity index (χ3v) is 6.78. The predicted octanol–water partition coefficient (Wildman–Crippen LogP) is 4.21. The van der Waals surface area contributed by atoms with Gasteiger partial charge in [-0.2, -0.15) is 10.4 Å². The SMILES string of the molecule is CCOc1cc(/C=N/NC(=O)C(=O)Nc2sc3c(c2C#N)CCCC3)ccc1OC(=O)c1ccccc1. The summed E-state index contributed by atoms with van der Waals surface area (Å²) in [4.78, 5) is 38.1. The van der Waals surface area contributed by atoms with Crippen molar-refractivity contribution in [1.82, 2.24) is 5.43 Å². The molecule has 0 aliphatic heterocycles. The largest absolute Gasteiger partial charge is 0.490 e. The molecule has 1 aromatic heterocycles. The van der Waals surface area contributed by atoms with E-state index in [1.807, 2.05) is 0 Å². The van der Waals surface area contributed by atoms with Gasteiger partial charge >= 0.3 is 17.8 Å². The molecule has 0 radical (unpaired) electrons. The molecule has 0 atom stereocenters. The van der Waals surface area contributed by atoms with Crippen LogP contribution in [0, 0.1) is 11.3 Å². The van der Waals surface area contributed by atoms with Crippen LogP contribution in [-0.2, 0) is 22.4 Å². The number of hydrazone groups is 1. The minimum atomic E-state index is -0.968. The average Bonchev–Trinajstić information content (AvgIpc) is 3.27. The fraction of sp³-hybridized carbons (Fsp3) is 0.222. The van der Waals surface area contributed by atoms with Gasteiger partial charge in [0.05, 0.1) is 23.9 Å². The second-order valence-electron chi connectivity index (χ2n) is 8.07. The second kappa shape index (κ2) is 12.0. The van der Waals surface area contributed by atoms with Gasteiger partial charge in [0.2, 0.25) is 0 Å². The number of fused-ring (bicyclic) bond motifs is 1. The molecular formula is C27H24N4O5S. The first kappa shape index (κ1) is 25.6. The molecule has 188 valence electrons. The summed E-state index contributed by atoms with van der Waals surface area (Å²) in [5, 5.41) is 16.3. The number of nitriles is 1. The van der Waals surface area contributed by atoms with Crippen LogP contribution in [0.25, 0.3) is 0 Å². The van der Waals surface area contributed by atoms with Crippen molar-refractivity contribution in [1.29, 1.82) is 5.26 Å². The van der Waals surface area contributed by atoms with Gasteiger partial charge in [-0.3, -0.25) is 9.59 Å². The van der Waals surface area contributed by atoms with Crippen molar-refractivity contribution in [2.75, 3.05) is 11.9 Å². The number of esters is 1. The van der Waals surface area contributed by atoms with E-state index in [9.17, 15) is 19.6 Å². The number of carbonyl (C=O) groups excluding carboxylic acids is 3. The summed E-state index contributed by atoms with van der Waals surface area (Å²) in [6.45, 7) is 2.13. The molecule has 0 bridgehead atoms. The topological polar surface area (TPSA) is 130 Å². The van der Waals surface area contributed by atoms with Gasteiger partial charge in [0.25, 0.3) is 0 Å². The molecule has 0 saturated carbocycles. The summed E-state index contributed by atoms with van der Waals surface area (Å²) in [5.41, 5.74) is 4.53. The zero-order valence-electron chi connectivity index (χ0n) is 20.1. The maximum Gasteiger partial charge on any atom is 0.343 e. The average molecular weight is 517 g/mol. The molecule has 0 saturated heterocycles. The van der Waals surface area contributed by atoms with Crippen LogP contribution in [0.4, 0.5) is 5.00 Å². The highest BCUT2D eigenvalue weighted by Crippen LogP contribution is 2.37. The molecule has 1 aliphatic carbocycles. The molecular weight excluding hydrogens is 492 g/mol. The van der Waals surface area contributed by atoms with Gasteiger partial charge in [0.1, 0.15) is 11.1 Å². The number of hydrogen-bond donors (Lipinski definition) is 2. The first-order chi connectivity index (χ1) is 18.0. The number of amides is 2. The van der Waals surface area contributed by atoms with Crippen LogP contribution < -0.4 is 20.2 Å². The summed E-state index contributed by atoms with van der Waals surface area (Å²) in [7, 11) is 0. The van der Waals surface area contributed by atoms with E-state index in [4.69, 9.17) is 9.47 Å². The standard InChI is InChI=1S/C27H24N4O5S/c1-2-35-22-14-17(12-13-21(22)36-27(34)18-8-4-3-5-9-18)16-29-31-25(33)24(32)30-26-20(15-28)19-10-6-7-11-23(19)37-26/h3-5,8-9,12-14,16H,2,6-7,10-11H2,1H3,(H,30,32)(H,31,33)/b29-16+. The zero-order valence-corrected chi connectivity index (χ0v) is 20.9. The van der Waals surface area contributed by atoms with E-state index in [0.717, 1.165) is 36.1 Å². The Morgan fingerprint density at radius 3 is 2.62 bits per heavy atom. The number of ether oxygens (including phenoxy) is 2. The fourth-order valence-electron chi connectivity index (χ4n) is 3.84. The lowest BCUT2D eigenvalue weighted by atomic mass is 9.96. The Kier molecular flexibility index (Phi) is 8.28. The number of benzene rings is 2.